The molecule has 6 nitrogen and oxygen atoms in total. The molecule has 1 saturated heterocycles. The van der Waals surface area contributed by atoms with Gasteiger partial charge in [-0.15, -0.1) is 0 Å². The molecule has 1 unspecified atom stereocenters. The second-order valence-electron chi connectivity index (χ2n) is 5.20. The zero-order valence-corrected chi connectivity index (χ0v) is 12.5. The van der Waals surface area contributed by atoms with Crippen molar-refractivity contribution in [2.75, 3.05) is 44.0 Å². The Labute approximate surface area is 120 Å². The van der Waals surface area contributed by atoms with E-state index in [1.54, 1.807) is 7.11 Å². The van der Waals surface area contributed by atoms with E-state index in [0.717, 1.165) is 37.4 Å². The van der Waals surface area contributed by atoms with Gasteiger partial charge in [-0.25, -0.2) is 4.98 Å². The molecule has 1 aliphatic heterocycles. The molecule has 0 aromatic carbocycles. The van der Waals surface area contributed by atoms with Crippen LogP contribution in [0.3, 0.4) is 0 Å². The standard InChI is InChI=1S/C14H24N4O2/c1-4-6-15-13-16-8-11(2)12(18-13)17-9-14(19-3)5-7-20-10-14/h8H,4-7,9-10H2,1-3H3,(H2,15,16,17,18). The molecule has 1 aromatic heterocycles. The lowest BCUT2D eigenvalue weighted by Crippen LogP contribution is -2.39. The summed E-state index contributed by atoms with van der Waals surface area (Å²) in [4.78, 5) is 8.78. The van der Waals surface area contributed by atoms with Gasteiger partial charge in [0, 0.05) is 45.0 Å². The lowest BCUT2D eigenvalue weighted by Gasteiger charge is -2.26. The maximum Gasteiger partial charge on any atom is 0.224 e. The van der Waals surface area contributed by atoms with Gasteiger partial charge in [0.25, 0.3) is 0 Å². The molecule has 2 N–H and O–H groups in total. The summed E-state index contributed by atoms with van der Waals surface area (Å²) in [7, 11) is 1.73. The number of ether oxygens (including phenoxy) is 2. The van der Waals surface area contributed by atoms with Crippen LogP contribution in [0.15, 0.2) is 6.20 Å². The van der Waals surface area contributed by atoms with E-state index in [0.29, 0.717) is 19.1 Å². The fourth-order valence-corrected chi connectivity index (χ4v) is 2.15. The second kappa shape index (κ2) is 6.85. The van der Waals surface area contributed by atoms with Crippen LogP contribution in [0.4, 0.5) is 11.8 Å². The Morgan fingerprint density at radius 3 is 2.95 bits per heavy atom. The van der Waals surface area contributed by atoms with Gasteiger partial charge in [-0.3, -0.25) is 0 Å². The minimum absolute atomic E-state index is 0.242. The zero-order chi connectivity index (χ0) is 14.4. The Bertz CT molecular complexity index is 433. The van der Waals surface area contributed by atoms with Gasteiger partial charge in [0.2, 0.25) is 5.95 Å². The number of methoxy groups -OCH3 is 1. The van der Waals surface area contributed by atoms with E-state index in [1.165, 1.54) is 0 Å². The number of aryl methyl sites for hydroxylation is 1. The van der Waals surface area contributed by atoms with Crippen molar-refractivity contribution >= 4 is 11.8 Å². The third-order valence-electron chi connectivity index (χ3n) is 3.58. The summed E-state index contributed by atoms with van der Waals surface area (Å²) in [5.74, 6) is 1.51. The summed E-state index contributed by atoms with van der Waals surface area (Å²) >= 11 is 0. The highest BCUT2D eigenvalue weighted by atomic mass is 16.5. The van der Waals surface area contributed by atoms with Gasteiger partial charge < -0.3 is 20.1 Å². The molecular weight excluding hydrogens is 256 g/mol. The van der Waals surface area contributed by atoms with Gasteiger partial charge in [-0.05, 0) is 13.3 Å². The predicted octanol–water partition coefficient (Wildman–Crippen LogP) is 1.82. The van der Waals surface area contributed by atoms with Crippen molar-refractivity contribution < 1.29 is 9.47 Å². The minimum Gasteiger partial charge on any atom is -0.378 e. The fraction of sp³-hybridized carbons (Fsp3) is 0.714. The maximum atomic E-state index is 5.61. The molecule has 2 rings (SSSR count). The van der Waals surface area contributed by atoms with E-state index in [2.05, 4.69) is 27.5 Å². The van der Waals surface area contributed by atoms with Gasteiger partial charge in [0.1, 0.15) is 11.4 Å². The van der Waals surface area contributed by atoms with E-state index >= 15 is 0 Å². The monoisotopic (exact) mass is 280 g/mol. The molecule has 0 aliphatic carbocycles. The van der Waals surface area contributed by atoms with Crippen molar-refractivity contribution in [3.63, 3.8) is 0 Å². The molecule has 1 fully saturated rings. The van der Waals surface area contributed by atoms with Crippen LogP contribution in [-0.4, -0.2) is 49.0 Å². The molecule has 0 amide bonds. The highest BCUT2D eigenvalue weighted by Crippen LogP contribution is 2.23. The molecule has 112 valence electrons. The van der Waals surface area contributed by atoms with Crippen molar-refractivity contribution in [3.05, 3.63) is 11.8 Å². The smallest absolute Gasteiger partial charge is 0.224 e. The lowest BCUT2D eigenvalue weighted by molar-refractivity contribution is -0.00626. The third kappa shape index (κ3) is 3.58. The first-order valence-corrected chi connectivity index (χ1v) is 7.13. The highest BCUT2D eigenvalue weighted by molar-refractivity contribution is 5.46. The largest absolute Gasteiger partial charge is 0.378 e. The van der Waals surface area contributed by atoms with Crippen LogP contribution >= 0.6 is 0 Å². The number of nitrogens with zero attached hydrogens (tertiary/aromatic N) is 2. The predicted molar refractivity (Wildman–Crippen MR) is 79.2 cm³/mol. The summed E-state index contributed by atoms with van der Waals surface area (Å²) in [6.07, 6.45) is 3.78. The summed E-state index contributed by atoms with van der Waals surface area (Å²) in [6.45, 7) is 7.05. The SMILES string of the molecule is CCCNc1ncc(C)c(NCC2(OC)CCOC2)n1. The van der Waals surface area contributed by atoms with Crippen LogP contribution in [0.2, 0.25) is 0 Å². The van der Waals surface area contributed by atoms with E-state index in [4.69, 9.17) is 9.47 Å². The Balaban J connectivity index is 2.00. The summed E-state index contributed by atoms with van der Waals surface area (Å²) in [5.41, 5.74) is 0.784. The van der Waals surface area contributed by atoms with Gasteiger partial charge in [0.15, 0.2) is 0 Å². The molecule has 0 saturated carbocycles. The van der Waals surface area contributed by atoms with Crippen molar-refractivity contribution in [1.29, 1.82) is 0 Å². The lowest BCUT2D eigenvalue weighted by atomic mass is 10.0. The zero-order valence-electron chi connectivity index (χ0n) is 12.5. The van der Waals surface area contributed by atoms with Crippen LogP contribution < -0.4 is 10.6 Å². The Kier molecular flexibility index (Phi) is 5.14. The third-order valence-corrected chi connectivity index (χ3v) is 3.58. The normalized spacial score (nSPS) is 21.9. The summed E-state index contributed by atoms with van der Waals surface area (Å²) < 4.78 is 11.0. The van der Waals surface area contributed by atoms with E-state index in [9.17, 15) is 0 Å². The first-order valence-electron chi connectivity index (χ1n) is 7.13. The topological polar surface area (TPSA) is 68.3 Å². The number of hydrogen-bond donors (Lipinski definition) is 2. The average Bonchev–Trinajstić information content (AvgIpc) is 2.94. The van der Waals surface area contributed by atoms with Crippen LogP contribution in [0.1, 0.15) is 25.3 Å². The van der Waals surface area contributed by atoms with E-state index < -0.39 is 0 Å². The maximum absolute atomic E-state index is 5.61. The highest BCUT2D eigenvalue weighted by Gasteiger charge is 2.34. The van der Waals surface area contributed by atoms with Crippen LogP contribution in [0.25, 0.3) is 0 Å². The summed E-state index contributed by atoms with van der Waals surface area (Å²) in [5, 5.41) is 6.56. The quantitative estimate of drug-likeness (QED) is 0.794. The minimum atomic E-state index is -0.242. The molecule has 0 spiro atoms. The van der Waals surface area contributed by atoms with Gasteiger partial charge >= 0.3 is 0 Å². The van der Waals surface area contributed by atoms with Gasteiger partial charge in [-0.2, -0.15) is 4.98 Å². The first kappa shape index (κ1) is 15.0. The Hall–Kier alpha value is -1.40. The average molecular weight is 280 g/mol. The van der Waals surface area contributed by atoms with E-state index in [1.807, 2.05) is 13.1 Å². The van der Waals surface area contributed by atoms with Gasteiger partial charge in [0.05, 0.1) is 6.61 Å². The van der Waals surface area contributed by atoms with Gasteiger partial charge in [-0.1, -0.05) is 6.92 Å². The van der Waals surface area contributed by atoms with Crippen LogP contribution in [0, 0.1) is 6.92 Å². The molecule has 20 heavy (non-hydrogen) atoms. The van der Waals surface area contributed by atoms with Crippen molar-refractivity contribution in [2.45, 2.75) is 32.3 Å². The molecule has 2 heterocycles. The molecule has 1 aliphatic rings. The number of rotatable bonds is 7. The second-order valence-corrected chi connectivity index (χ2v) is 5.20. The van der Waals surface area contributed by atoms with Crippen molar-refractivity contribution in [3.8, 4) is 0 Å². The number of hydrogen-bond acceptors (Lipinski definition) is 6. The van der Waals surface area contributed by atoms with Crippen molar-refractivity contribution in [2.24, 2.45) is 0 Å². The molecule has 0 radical (unpaired) electrons. The fourth-order valence-electron chi connectivity index (χ4n) is 2.15. The van der Waals surface area contributed by atoms with Crippen molar-refractivity contribution in [1.82, 2.24) is 9.97 Å². The van der Waals surface area contributed by atoms with Crippen LogP contribution in [-0.2, 0) is 9.47 Å². The number of nitrogens with one attached hydrogen (secondary N) is 2. The number of anilines is 2. The Morgan fingerprint density at radius 1 is 1.45 bits per heavy atom. The molecule has 0 bridgehead atoms. The summed E-state index contributed by atoms with van der Waals surface area (Å²) in [6, 6.07) is 0. The molecular formula is C14H24N4O2. The number of aromatic nitrogens is 2. The molecule has 1 atom stereocenters. The Morgan fingerprint density at radius 2 is 2.30 bits per heavy atom. The van der Waals surface area contributed by atoms with Crippen LogP contribution in [0.5, 0.6) is 0 Å². The molecule has 6 heteroatoms. The molecule has 1 aromatic rings. The first-order chi connectivity index (χ1) is 9.69. The van der Waals surface area contributed by atoms with E-state index in [-0.39, 0.29) is 5.60 Å².